The average Bonchev–Trinajstić information content (AvgIpc) is 3.09. The van der Waals surface area contributed by atoms with Crippen LogP contribution < -0.4 is 10.1 Å². The van der Waals surface area contributed by atoms with E-state index >= 15 is 0 Å². The molecule has 1 aliphatic rings. The van der Waals surface area contributed by atoms with Gasteiger partial charge in [0.05, 0.1) is 11.5 Å². The minimum absolute atomic E-state index is 0.0604. The normalized spacial score (nSPS) is 14.7. The maximum absolute atomic E-state index is 12.4. The molecule has 1 aromatic heterocycles. The van der Waals surface area contributed by atoms with Crippen molar-refractivity contribution in [2.45, 2.75) is 39.7 Å². The van der Waals surface area contributed by atoms with Gasteiger partial charge in [-0.2, -0.15) is 0 Å². The van der Waals surface area contributed by atoms with Crippen LogP contribution in [0, 0.1) is 20.8 Å². The lowest BCUT2D eigenvalue weighted by Gasteiger charge is -2.32. The van der Waals surface area contributed by atoms with Crippen molar-refractivity contribution in [2.75, 3.05) is 29.9 Å². The van der Waals surface area contributed by atoms with E-state index in [4.69, 9.17) is 9.26 Å². The van der Waals surface area contributed by atoms with Gasteiger partial charge in [0.15, 0.2) is 5.82 Å². The average molecular weight is 418 g/mol. The van der Waals surface area contributed by atoms with Crippen LogP contribution in [0.5, 0.6) is 5.75 Å². The number of nitrogens with zero attached hydrogens (tertiary/aromatic N) is 2. The molecule has 1 aliphatic heterocycles. The fourth-order valence-corrected chi connectivity index (χ4v) is 3.88. The Morgan fingerprint density at radius 3 is 2.66 bits per heavy atom. The van der Waals surface area contributed by atoms with Crippen LogP contribution in [0.25, 0.3) is 0 Å². The van der Waals surface area contributed by atoms with Crippen molar-refractivity contribution in [1.29, 1.82) is 0 Å². The molecule has 8 heteroatoms. The van der Waals surface area contributed by atoms with E-state index in [-0.39, 0.29) is 29.4 Å². The highest BCUT2D eigenvalue weighted by Gasteiger charge is 2.24. The Bertz CT molecular complexity index is 859. The number of ether oxygens (including phenoxy) is 1. The molecule has 1 fully saturated rings. The van der Waals surface area contributed by atoms with Crippen molar-refractivity contribution in [3.63, 3.8) is 0 Å². The van der Waals surface area contributed by atoms with Crippen molar-refractivity contribution in [3.05, 3.63) is 41.2 Å². The fourth-order valence-electron chi connectivity index (χ4n) is 3.16. The molecule has 0 spiro atoms. The Morgan fingerprint density at radius 1 is 1.21 bits per heavy atom. The summed E-state index contributed by atoms with van der Waals surface area (Å²) >= 11 is 1.30. The van der Waals surface area contributed by atoms with E-state index in [1.54, 1.807) is 13.0 Å². The summed E-state index contributed by atoms with van der Waals surface area (Å²) < 4.78 is 11.1. The summed E-state index contributed by atoms with van der Waals surface area (Å²) in [6.07, 6.45) is 1.76. The SMILES string of the molecule is Cc1ccc(C)c(OC2CCN(C(=O)CSCC(=O)Nc3cc(C)on3)CC2)c1. The number of likely N-dealkylation sites (tertiary alicyclic amines) is 1. The highest BCUT2D eigenvalue weighted by Crippen LogP contribution is 2.24. The van der Waals surface area contributed by atoms with E-state index in [1.165, 1.54) is 17.3 Å². The second-order valence-corrected chi connectivity index (χ2v) is 8.32. The predicted molar refractivity (Wildman–Crippen MR) is 113 cm³/mol. The molecule has 0 radical (unpaired) electrons. The van der Waals surface area contributed by atoms with E-state index in [1.807, 2.05) is 11.8 Å². The Labute approximate surface area is 175 Å². The van der Waals surface area contributed by atoms with Gasteiger partial charge in [0.1, 0.15) is 17.6 Å². The van der Waals surface area contributed by atoms with Gasteiger partial charge in [0.2, 0.25) is 11.8 Å². The Morgan fingerprint density at radius 2 is 1.97 bits per heavy atom. The van der Waals surface area contributed by atoms with E-state index in [0.29, 0.717) is 24.7 Å². The van der Waals surface area contributed by atoms with Crippen molar-refractivity contribution in [2.24, 2.45) is 0 Å². The number of rotatable bonds is 7. The molecule has 156 valence electrons. The van der Waals surface area contributed by atoms with E-state index in [0.717, 1.165) is 24.2 Å². The molecule has 0 aliphatic carbocycles. The molecule has 1 saturated heterocycles. The number of carbonyl (C=O) groups excluding carboxylic acids is 2. The summed E-state index contributed by atoms with van der Waals surface area (Å²) in [5, 5.41) is 6.36. The first kappa shape index (κ1) is 21.2. The van der Waals surface area contributed by atoms with Crippen LogP contribution in [-0.2, 0) is 9.59 Å². The van der Waals surface area contributed by atoms with E-state index in [2.05, 4.69) is 35.6 Å². The number of hydrogen-bond donors (Lipinski definition) is 1. The fraction of sp³-hybridized carbons (Fsp3) is 0.476. The van der Waals surface area contributed by atoms with Crippen molar-refractivity contribution >= 4 is 29.4 Å². The summed E-state index contributed by atoms with van der Waals surface area (Å²) in [6, 6.07) is 7.86. The molecular formula is C21H27N3O4S. The van der Waals surface area contributed by atoms with Crippen LogP contribution in [-0.4, -0.2) is 52.6 Å². The molecule has 29 heavy (non-hydrogen) atoms. The van der Waals surface area contributed by atoms with E-state index in [9.17, 15) is 9.59 Å². The zero-order valence-corrected chi connectivity index (χ0v) is 17.9. The number of piperidine rings is 1. The standard InChI is InChI=1S/C21H27N3O4S/c1-14-4-5-15(2)18(10-14)27-17-6-8-24(9-7-17)21(26)13-29-12-20(25)22-19-11-16(3)28-23-19/h4-5,10-11,17H,6-9,12-13H2,1-3H3,(H,22,23,25). The number of amides is 2. The van der Waals surface area contributed by atoms with Crippen LogP contribution in [0.4, 0.5) is 5.82 Å². The van der Waals surface area contributed by atoms with Crippen LogP contribution in [0.3, 0.4) is 0 Å². The van der Waals surface area contributed by atoms with Gasteiger partial charge >= 0.3 is 0 Å². The van der Waals surface area contributed by atoms with Crippen LogP contribution in [0.15, 0.2) is 28.8 Å². The monoisotopic (exact) mass is 417 g/mol. The molecule has 7 nitrogen and oxygen atoms in total. The highest BCUT2D eigenvalue weighted by atomic mass is 32.2. The first-order chi connectivity index (χ1) is 13.9. The zero-order chi connectivity index (χ0) is 20.8. The number of nitrogens with one attached hydrogen (secondary N) is 1. The van der Waals surface area contributed by atoms with Crippen molar-refractivity contribution < 1.29 is 18.8 Å². The number of hydrogen-bond acceptors (Lipinski definition) is 6. The third kappa shape index (κ3) is 6.25. The number of anilines is 1. The smallest absolute Gasteiger partial charge is 0.235 e. The van der Waals surface area contributed by atoms with Gasteiger partial charge < -0.3 is 19.5 Å². The van der Waals surface area contributed by atoms with E-state index < -0.39 is 0 Å². The Hall–Kier alpha value is -2.48. The maximum Gasteiger partial charge on any atom is 0.235 e. The molecule has 2 amide bonds. The van der Waals surface area contributed by atoms with Crippen LogP contribution >= 0.6 is 11.8 Å². The lowest BCUT2D eigenvalue weighted by atomic mass is 10.1. The van der Waals surface area contributed by atoms with Gasteiger partial charge in [-0.25, -0.2) is 0 Å². The van der Waals surface area contributed by atoms with Crippen LogP contribution in [0.2, 0.25) is 0 Å². The minimum atomic E-state index is -0.197. The number of benzene rings is 1. The molecule has 2 heterocycles. The molecule has 0 saturated carbocycles. The summed E-state index contributed by atoms with van der Waals surface area (Å²) in [6.45, 7) is 7.22. The third-order valence-corrected chi connectivity index (χ3v) is 5.70. The quantitative estimate of drug-likeness (QED) is 0.744. The first-order valence-electron chi connectivity index (χ1n) is 9.73. The molecule has 0 bridgehead atoms. The van der Waals surface area contributed by atoms with Gasteiger partial charge in [-0.05, 0) is 38.0 Å². The molecule has 3 rings (SSSR count). The van der Waals surface area contributed by atoms with Crippen molar-refractivity contribution in [3.8, 4) is 5.75 Å². The van der Waals surface area contributed by atoms with Gasteiger partial charge in [0.25, 0.3) is 0 Å². The largest absolute Gasteiger partial charge is 0.490 e. The highest BCUT2D eigenvalue weighted by molar-refractivity contribution is 8.00. The topological polar surface area (TPSA) is 84.7 Å². The summed E-state index contributed by atoms with van der Waals surface area (Å²) in [5.74, 6) is 2.30. The molecule has 1 aromatic carbocycles. The second-order valence-electron chi connectivity index (χ2n) is 7.33. The number of carbonyl (C=O) groups is 2. The molecule has 2 aromatic rings. The molecule has 0 unspecified atom stereocenters. The zero-order valence-electron chi connectivity index (χ0n) is 17.1. The molecule has 1 N–H and O–H groups in total. The summed E-state index contributed by atoms with van der Waals surface area (Å²) in [4.78, 5) is 26.2. The summed E-state index contributed by atoms with van der Waals surface area (Å²) in [7, 11) is 0. The number of thioether (sulfide) groups is 1. The molecule has 0 atom stereocenters. The first-order valence-corrected chi connectivity index (χ1v) is 10.9. The summed E-state index contributed by atoms with van der Waals surface area (Å²) in [5.41, 5.74) is 2.31. The predicted octanol–water partition coefficient (Wildman–Crippen LogP) is 3.34. The van der Waals surface area contributed by atoms with Gasteiger partial charge in [-0.3, -0.25) is 9.59 Å². The minimum Gasteiger partial charge on any atom is -0.490 e. The maximum atomic E-state index is 12.4. The van der Waals surface area contributed by atoms with Gasteiger partial charge in [-0.1, -0.05) is 17.3 Å². The third-order valence-electron chi connectivity index (χ3n) is 4.79. The Balaban J connectivity index is 1.36. The lowest BCUT2D eigenvalue weighted by molar-refractivity contribution is -0.130. The van der Waals surface area contributed by atoms with Crippen molar-refractivity contribution in [1.82, 2.24) is 10.1 Å². The lowest BCUT2D eigenvalue weighted by Crippen LogP contribution is -2.42. The Kier molecular flexibility index (Phi) is 7.19. The number of aromatic nitrogens is 1. The number of aryl methyl sites for hydroxylation is 3. The van der Waals surface area contributed by atoms with Gasteiger partial charge in [0, 0.05) is 32.0 Å². The van der Waals surface area contributed by atoms with Crippen LogP contribution in [0.1, 0.15) is 29.7 Å². The second kappa shape index (κ2) is 9.82. The molecular weight excluding hydrogens is 390 g/mol. The van der Waals surface area contributed by atoms with Gasteiger partial charge in [-0.15, -0.1) is 11.8 Å².